The zero-order valence-electron chi connectivity index (χ0n) is 66.3. The van der Waals surface area contributed by atoms with Crippen LogP contribution < -0.4 is 19.6 Å². The number of nitrogens with zero attached hydrogens (tertiary/aromatic N) is 6. The van der Waals surface area contributed by atoms with Crippen LogP contribution in [0.25, 0.3) is 66.7 Å². The summed E-state index contributed by atoms with van der Waals surface area (Å²) in [5.74, 6) is 0. The second-order valence-corrected chi connectivity index (χ2v) is 25.5. The van der Waals surface area contributed by atoms with Gasteiger partial charge in [0.1, 0.15) is 0 Å². The Morgan fingerprint density at radius 1 is 0.250 bits per heavy atom. The van der Waals surface area contributed by atoms with Crippen molar-refractivity contribution >= 4 is 113 Å². The van der Waals surface area contributed by atoms with E-state index in [0.717, 1.165) is 128 Å². The van der Waals surface area contributed by atoms with Gasteiger partial charge in [0, 0.05) is 91.8 Å². The number of fused-ring (bicyclic) bond motifs is 4. The lowest BCUT2D eigenvalue weighted by Gasteiger charge is -2.27. The van der Waals surface area contributed by atoms with Gasteiger partial charge in [-0.05, 0) is 250 Å². The van der Waals surface area contributed by atoms with E-state index in [1.165, 1.54) is 43.4 Å². The standard InChI is InChI=1S/C52H38N4.C46H42N2.4C2H6/c1-3-43-23-17-41(35-53-43)37-19-25-47(26-20-37)55(45-11-7-5-8-12-45)49-29-31-51-39(33-49)15-16-40-34-50(30-32-52(40)51)56(46-13-9-6-10-14-46)48-27-21-38(22-28-48)42-18-24-44(4-2)54-36-42;1-3-5-7-11-17-37-23-29-43(30-24-37)47(41-19-13-9-14-20-41)45-33-27-40-36-46(34-28-39(40)35-45)48(42-21-15-10-16-22-42)44-31-25-38(26-32-44)18-12-8-6-4-2;4*1-2/h3-36H,1-2H2;3-10,13-16,19-36H,1-2,11-12,17-18H2;4*1-2H3/b;7-5+,8-6+;;;;. The number of aromatic nitrogens is 2. The highest BCUT2D eigenvalue weighted by atomic mass is 15.2. The lowest BCUT2D eigenvalue weighted by atomic mass is 9.99. The van der Waals surface area contributed by atoms with E-state index >= 15 is 0 Å². The molecule has 6 heteroatoms. The van der Waals surface area contributed by atoms with Crippen LogP contribution in [0.3, 0.4) is 0 Å². The third-order valence-corrected chi connectivity index (χ3v) is 18.7. The molecule has 0 N–H and O–H groups in total. The molecule has 0 amide bonds. The van der Waals surface area contributed by atoms with Gasteiger partial charge in [-0.2, -0.15) is 0 Å². The minimum Gasteiger partial charge on any atom is -0.310 e. The molecule has 13 aromatic carbocycles. The van der Waals surface area contributed by atoms with Crippen molar-refractivity contribution in [2.24, 2.45) is 0 Å². The van der Waals surface area contributed by atoms with Crippen LogP contribution in [-0.4, -0.2) is 9.97 Å². The normalized spacial score (nSPS) is 10.5. The fourth-order valence-electron chi connectivity index (χ4n) is 13.4. The maximum absolute atomic E-state index is 4.50. The molecule has 0 saturated heterocycles. The molecule has 558 valence electrons. The first kappa shape index (κ1) is 81.1. The SMILES string of the molecule is C=C/C=C/CCc1ccc(N(c2ccccc2)c2ccc3cc(N(c4ccccc4)c4ccc(CC/C=C/C=C)cc4)ccc3c2)cc1.C=Cc1ccc(-c2ccc(N(c3ccccc3)c3ccc4c(ccc5cc(N(c6ccccc6)c6ccc(-c7ccc(C=C)nc7)cc6)ccc54)c3)cc2)cn1.CC.CC.CC.CC. The van der Waals surface area contributed by atoms with Crippen molar-refractivity contribution in [2.45, 2.75) is 81.1 Å². The van der Waals surface area contributed by atoms with Crippen molar-refractivity contribution in [3.8, 4) is 22.3 Å². The maximum atomic E-state index is 4.50. The fourth-order valence-corrected chi connectivity index (χ4v) is 13.4. The van der Waals surface area contributed by atoms with Crippen molar-refractivity contribution in [2.75, 3.05) is 19.6 Å². The Balaban J connectivity index is 0.000000221. The summed E-state index contributed by atoms with van der Waals surface area (Å²) in [5.41, 5.74) is 22.1. The van der Waals surface area contributed by atoms with Gasteiger partial charge in [0.2, 0.25) is 0 Å². The molecule has 112 heavy (non-hydrogen) atoms. The van der Waals surface area contributed by atoms with Gasteiger partial charge in [-0.1, -0.05) is 288 Å². The fraction of sp³-hybridized carbons (Fsp3) is 0.113. The first-order valence-electron chi connectivity index (χ1n) is 39.4. The van der Waals surface area contributed by atoms with E-state index in [0.29, 0.717) is 0 Å². The molecular weight excluding hydrogens is 1360 g/mol. The number of allylic oxidation sites excluding steroid dienone is 6. The van der Waals surface area contributed by atoms with Gasteiger partial charge in [-0.25, -0.2) is 0 Å². The monoisotopic (exact) mass is 1460 g/mol. The first-order chi connectivity index (χ1) is 55.4. The average Bonchev–Trinajstić information content (AvgIpc) is 0.785. The third kappa shape index (κ3) is 20.5. The van der Waals surface area contributed by atoms with E-state index in [1.54, 1.807) is 12.2 Å². The number of hydrogen-bond acceptors (Lipinski definition) is 6. The molecule has 0 aliphatic carbocycles. The quantitative estimate of drug-likeness (QED) is 0.0443. The van der Waals surface area contributed by atoms with Gasteiger partial charge < -0.3 is 19.6 Å². The summed E-state index contributed by atoms with van der Waals surface area (Å²) in [7, 11) is 0. The second-order valence-electron chi connectivity index (χ2n) is 25.5. The van der Waals surface area contributed by atoms with E-state index in [2.05, 4.69) is 383 Å². The highest BCUT2D eigenvalue weighted by Gasteiger charge is 2.20. The summed E-state index contributed by atoms with van der Waals surface area (Å²) < 4.78 is 0. The summed E-state index contributed by atoms with van der Waals surface area (Å²) in [6.45, 7) is 31.2. The molecule has 15 aromatic rings. The predicted molar refractivity (Wildman–Crippen MR) is 491 cm³/mol. The van der Waals surface area contributed by atoms with Crippen LogP contribution in [0.15, 0.2) is 403 Å². The molecule has 0 unspecified atom stereocenters. The van der Waals surface area contributed by atoms with Gasteiger partial charge in [-0.3, -0.25) is 9.97 Å². The maximum Gasteiger partial charge on any atom is 0.0624 e. The summed E-state index contributed by atoms with van der Waals surface area (Å²) in [6.07, 6.45) is 23.3. The number of benzene rings is 13. The topological polar surface area (TPSA) is 38.7 Å². The van der Waals surface area contributed by atoms with Gasteiger partial charge >= 0.3 is 0 Å². The van der Waals surface area contributed by atoms with Crippen molar-refractivity contribution < 1.29 is 0 Å². The Kier molecular flexibility index (Phi) is 30.7. The summed E-state index contributed by atoms with van der Waals surface area (Å²) in [4.78, 5) is 18.3. The number of para-hydroxylation sites is 4. The Morgan fingerprint density at radius 3 is 0.777 bits per heavy atom. The number of anilines is 12. The lowest BCUT2D eigenvalue weighted by Crippen LogP contribution is -2.10. The van der Waals surface area contributed by atoms with Crippen molar-refractivity contribution in [3.05, 3.63) is 425 Å². The van der Waals surface area contributed by atoms with Crippen LogP contribution in [0.4, 0.5) is 68.2 Å². The number of pyridine rings is 2. The summed E-state index contributed by atoms with van der Waals surface area (Å²) in [6, 6.07) is 117. The van der Waals surface area contributed by atoms with Crippen molar-refractivity contribution in [1.82, 2.24) is 9.97 Å². The molecular formula is C106H104N6. The van der Waals surface area contributed by atoms with E-state index in [4.69, 9.17) is 0 Å². The molecule has 0 radical (unpaired) electrons. The molecule has 2 heterocycles. The smallest absolute Gasteiger partial charge is 0.0624 e. The molecule has 0 aliphatic rings. The van der Waals surface area contributed by atoms with Gasteiger partial charge in [-0.15, -0.1) is 0 Å². The largest absolute Gasteiger partial charge is 0.310 e. The van der Waals surface area contributed by atoms with Crippen molar-refractivity contribution in [1.29, 1.82) is 0 Å². The average molecular weight is 1460 g/mol. The summed E-state index contributed by atoms with van der Waals surface area (Å²) in [5, 5.41) is 7.17. The molecule has 2 aromatic heterocycles. The van der Waals surface area contributed by atoms with Crippen LogP contribution in [0.5, 0.6) is 0 Å². The Labute approximate surface area is 666 Å². The molecule has 15 rings (SSSR count). The molecule has 0 aliphatic heterocycles. The molecule has 6 nitrogen and oxygen atoms in total. The van der Waals surface area contributed by atoms with Gasteiger partial charge in [0.15, 0.2) is 0 Å². The minimum absolute atomic E-state index is 0.866. The number of hydrogen-bond donors (Lipinski definition) is 0. The molecule has 0 spiro atoms. The van der Waals surface area contributed by atoms with E-state index in [9.17, 15) is 0 Å². The number of rotatable bonds is 24. The highest BCUT2D eigenvalue weighted by Crippen LogP contribution is 2.44. The van der Waals surface area contributed by atoms with Gasteiger partial charge in [0.25, 0.3) is 0 Å². The third-order valence-electron chi connectivity index (χ3n) is 18.7. The summed E-state index contributed by atoms with van der Waals surface area (Å²) >= 11 is 0. The minimum atomic E-state index is 0.866. The molecule has 0 saturated carbocycles. The Morgan fingerprint density at radius 2 is 0.500 bits per heavy atom. The van der Waals surface area contributed by atoms with E-state index in [1.807, 2.05) is 104 Å². The van der Waals surface area contributed by atoms with Crippen LogP contribution in [0.2, 0.25) is 0 Å². The van der Waals surface area contributed by atoms with E-state index in [-0.39, 0.29) is 0 Å². The highest BCUT2D eigenvalue weighted by molar-refractivity contribution is 6.10. The van der Waals surface area contributed by atoms with Gasteiger partial charge in [0.05, 0.1) is 11.4 Å². The van der Waals surface area contributed by atoms with Crippen LogP contribution in [0.1, 0.15) is 90.7 Å². The zero-order chi connectivity index (χ0) is 78.8. The van der Waals surface area contributed by atoms with E-state index < -0.39 is 0 Å². The second kappa shape index (κ2) is 42.4. The molecule has 0 atom stereocenters. The lowest BCUT2D eigenvalue weighted by molar-refractivity contribution is 1.00. The Bertz CT molecular complexity index is 5120. The van der Waals surface area contributed by atoms with Crippen LogP contribution in [0, 0.1) is 0 Å². The van der Waals surface area contributed by atoms with Crippen molar-refractivity contribution in [3.63, 3.8) is 0 Å². The Hall–Kier alpha value is -13.4. The number of aryl methyl sites for hydroxylation is 2. The van der Waals surface area contributed by atoms with Crippen LogP contribution >= 0.6 is 0 Å². The zero-order valence-corrected chi connectivity index (χ0v) is 66.3. The molecule has 0 bridgehead atoms. The van der Waals surface area contributed by atoms with Crippen LogP contribution in [-0.2, 0) is 12.8 Å². The first-order valence-corrected chi connectivity index (χ1v) is 39.4. The predicted octanol–water partition coefficient (Wildman–Crippen LogP) is 31.6. The molecule has 0 fully saturated rings.